The predicted octanol–water partition coefficient (Wildman–Crippen LogP) is 6.17. The Bertz CT molecular complexity index is 2630. The summed E-state index contributed by atoms with van der Waals surface area (Å²) in [5.74, 6) is 0. The normalized spacial score (nSPS) is 13.5. The van der Waals surface area contributed by atoms with Crippen molar-refractivity contribution in [3.8, 4) is 0 Å². The highest BCUT2D eigenvalue weighted by atomic mass is 15.2. The molecule has 0 N–H and O–H groups in total. The van der Waals surface area contributed by atoms with Crippen LogP contribution in [0.15, 0.2) is 172 Å². The fourth-order valence-electron chi connectivity index (χ4n) is 8.54. The lowest BCUT2D eigenvalue weighted by Crippen LogP contribution is -2.49. The molecule has 6 aromatic carbocycles. The van der Waals surface area contributed by atoms with Crippen molar-refractivity contribution in [2.45, 2.75) is 39.5 Å². The minimum Gasteiger partial charge on any atom is -0.232 e. The van der Waals surface area contributed by atoms with E-state index < -0.39 is 0 Å². The van der Waals surface area contributed by atoms with Crippen LogP contribution in [0.2, 0.25) is 0 Å². The van der Waals surface area contributed by atoms with Gasteiger partial charge in [-0.25, -0.2) is 18.3 Å². The molecule has 260 valence electrons. The first kappa shape index (κ1) is 30.8. The molecule has 1 aliphatic heterocycles. The van der Waals surface area contributed by atoms with Crippen LogP contribution in [0, 0.1) is 0 Å². The Morgan fingerprint density at radius 3 is 0.889 bits per heavy atom. The van der Waals surface area contributed by atoms with E-state index in [9.17, 15) is 0 Å². The number of hydrogen-bond donors (Lipinski definition) is 0. The van der Waals surface area contributed by atoms with Gasteiger partial charge in [-0.15, -0.1) is 0 Å². The lowest BCUT2D eigenvalue weighted by molar-refractivity contribution is -0.912. The zero-order valence-corrected chi connectivity index (χ0v) is 30.0. The summed E-state index contributed by atoms with van der Waals surface area (Å²) in [6.45, 7) is 4.70. The molecule has 0 unspecified atom stereocenters. The van der Waals surface area contributed by atoms with Crippen LogP contribution < -0.4 is 18.3 Å². The summed E-state index contributed by atoms with van der Waals surface area (Å²) in [5.41, 5.74) is 5.27. The van der Waals surface area contributed by atoms with E-state index >= 15 is 0 Å². The zero-order chi connectivity index (χ0) is 35.6. The molecular weight excluding hydrogens is 665 g/mol. The van der Waals surface area contributed by atoms with Crippen molar-refractivity contribution in [1.29, 1.82) is 0 Å². The number of benzene rings is 6. The van der Waals surface area contributed by atoms with Crippen molar-refractivity contribution in [3.05, 3.63) is 194 Å². The van der Waals surface area contributed by atoms with Crippen molar-refractivity contribution in [1.82, 2.24) is 18.3 Å². The molecule has 12 bridgehead atoms. The maximum absolute atomic E-state index is 2.41. The van der Waals surface area contributed by atoms with Crippen molar-refractivity contribution in [3.63, 3.8) is 0 Å². The monoisotopic (exact) mass is 704 g/mol. The average Bonchev–Trinajstić information content (AvgIpc) is 4.01. The van der Waals surface area contributed by atoms with E-state index in [4.69, 9.17) is 0 Å². The number of rotatable bonds is 0. The fourth-order valence-corrected chi connectivity index (χ4v) is 8.54. The Morgan fingerprint density at radius 1 is 0.333 bits per heavy atom. The summed E-state index contributed by atoms with van der Waals surface area (Å²) in [5, 5.41) is 10.3. The maximum atomic E-state index is 2.41. The standard InChI is InChI=1S/C46H40N8/c1-5-35-21-36-6-2-10-40-26-48-14-19-53(30-48)34-54-20-16-50(32-54)28-42-12-4-8-38-22-37-7-3-11-41(45(37)24-46(38)42)27-49-15-18-52(31-49)33-51-17-13-47(29-51)25-39(9-1)43(35)23-44(36)40/h1-24,29-32H,25-28,33-34H2/q+4. The average molecular weight is 705 g/mol. The molecule has 0 amide bonds. The van der Waals surface area contributed by atoms with Crippen molar-refractivity contribution < 1.29 is 18.3 Å². The Balaban J connectivity index is 1.00. The Morgan fingerprint density at radius 2 is 0.611 bits per heavy atom. The van der Waals surface area contributed by atoms with E-state index in [1.807, 2.05) is 0 Å². The van der Waals surface area contributed by atoms with Gasteiger partial charge in [0.25, 0.3) is 0 Å². The molecule has 8 nitrogen and oxygen atoms in total. The van der Waals surface area contributed by atoms with Crippen LogP contribution in [0.3, 0.4) is 0 Å². The van der Waals surface area contributed by atoms with Gasteiger partial charge in [0.05, 0.1) is 0 Å². The Kier molecular flexibility index (Phi) is 7.08. The molecule has 4 aromatic heterocycles. The first-order chi connectivity index (χ1) is 26.6. The maximum Gasteiger partial charge on any atom is 0.247 e. The van der Waals surface area contributed by atoms with Crippen molar-refractivity contribution in [2.75, 3.05) is 0 Å². The molecule has 0 radical (unpaired) electrons. The van der Waals surface area contributed by atoms with Gasteiger partial charge in [0.15, 0.2) is 0 Å². The second-order valence-electron chi connectivity index (χ2n) is 14.9. The van der Waals surface area contributed by atoms with Gasteiger partial charge in [0.2, 0.25) is 38.6 Å². The van der Waals surface area contributed by atoms with Crippen LogP contribution in [-0.4, -0.2) is 18.3 Å². The quantitative estimate of drug-likeness (QED) is 0.134. The zero-order valence-electron chi connectivity index (χ0n) is 30.0. The van der Waals surface area contributed by atoms with Crippen LogP contribution in [0.4, 0.5) is 0 Å². The lowest BCUT2D eigenvalue weighted by Gasteiger charge is -2.10. The van der Waals surface area contributed by atoms with Gasteiger partial charge < -0.3 is 0 Å². The molecule has 0 atom stereocenters. The van der Waals surface area contributed by atoms with Gasteiger partial charge >= 0.3 is 0 Å². The smallest absolute Gasteiger partial charge is 0.232 e. The molecule has 0 saturated heterocycles. The molecule has 0 aliphatic carbocycles. The summed E-state index contributed by atoms with van der Waals surface area (Å²) >= 11 is 0. The highest BCUT2D eigenvalue weighted by Crippen LogP contribution is 2.30. The first-order valence-corrected chi connectivity index (χ1v) is 18.7. The molecule has 11 rings (SSSR count). The largest absolute Gasteiger partial charge is 0.247 e. The van der Waals surface area contributed by atoms with Gasteiger partial charge in [-0.2, -0.15) is 18.3 Å². The summed E-state index contributed by atoms with van der Waals surface area (Å²) in [6.07, 6.45) is 26.3. The predicted molar refractivity (Wildman–Crippen MR) is 209 cm³/mol. The second kappa shape index (κ2) is 12.4. The molecule has 1 aliphatic rings. The van der Waals surface area contributed by atoms with Gasteiger partial charge in [-0.3, -0.25) is 0 Å². The van der Waals surface area contributed by atoms with Crippen molar-refractivity contribution in [2.24, 2.45) is 0 Å². The van der Waals surface area contributed by atoms with E-state index in [1.54, 1.807) is 0 Å². The van der Waals surface area contributed by atoms with Crippen LogP contribution in [-0.2, 0) is 39.5 Å². The van der Waals surface area contributed by atoms with E-state index in [0.717, 1.165) is 39.5 Å². The summed E-state index contributed by atoms with van der Waals surface area (Å²) in [4.78, 5) is 0. The number of hydrogen-bond acceptors (Lipinski definition) is 0. The van der Waals surface area contributed by atoms with E-state index in [0.29, 0.717) is 0 Å². The van der Waals surface area contributed by atoms with Gasteiger partial charge in [0, 0.05) is 22.3 Å². The molecule has 54 heavy (non-hydrogen) atoms. The SMILES string of the molecule is c1cc2c3cc4c(cccc4cc3c1)Cn1cc[n+](c1)C[n+]1ccn(c1)Cc1cccc3cc4cccc(c4cc13)Cn1cc[n+](c1)C[n+]1ccn(c1)C2. The van der Waals surface area contributed by atoms with Gasteiger partial charge in [-0.1, -0.05) is 72.8 Å². The van der Waals surface area contributed by atoms with Gasteiger partial charge in [0.1, 0.15) is 75.8 Å². The summed E-state index contributed by atoms with van der Waals surface area (Å²) in [6, 6.07) is 36.3. The fraction of sp³-hybridized carbons (Fsp3) is 0.130. The minimum absolute atomic E-state index is 0.742. The number of nitrogens with zero attached hydrogens (tertiary/aromatic N) is 8. The minimum atomic E-state index is 0.742. The number of fused-ring (bicyclic) bond motifs is 8. The molecule has 0 saturated carbocycles. The highest BCUT2D eigenvalue weighted by molar-refractivity contribution is 6.02. The molecular formula is C46H40N8+4. The molecule has 0 spiro atoms. The highest BCUT2D eigenvalue weighted by Gasteiger charge is 2.16. The number of aromatic nitrogens is 8. The second-order valence-corrected chi connectivity index (χ2v) is 14.9. The van der Waals surface area contributed by atoms with E-state index in [1.165, 1.54) is 65.3 Å². The first-order valence-electron chi connectivity index (χ1n) is 18.7. The summed E-state index contributed by atoms with van der Waals surface area (Å²) < 4.78 is 18.1. The topological polar surface area (TPSA) is 35.2 Å². The Hall–Kier alpha value is -6.80. The molecule has 8 heteroatoms. The van der Waals surface area contributed by atoms with E-state index in [-0.39, 0.29) is 0 Å². The van der Waals surface area contributed by atoms with Crippen LogP contribution in [0.1, 0.15) is 22.3 Å². The third-order valence-electron chi connectivity index (χ3n) is 11.2. The van der Waals surface area contributed by atoms with Gasteiger partial charge in [-0.05, 0) is 67.4 Å². The van der Waals surface area contributed by atoms with Crippen LogP contribution in [0.5, 0.6) is 0 Å². The van der Waals surface area contributed by atoms with E-state index in [2.05, 4.69) is 208 Å². The molecule has 0 fully saturated rings. The van der Waals surface area contributed by atoms with Crippen molar-refractivity contribution >= 4 is 43.1 Å². The third kappa shape index (κ3) is 5.63. The molecule has 10 aromatic rings. The Labute approximate surface area is 312 Å². The van der Waals surface area contributed by atoms with Crippen LogP contribution in [0.25, 0.3) is 43.1 Å². The summed E-state index contributed by atoms with van der Waals surface area (Å²) in [7, 11) is 0. The molecule has 5 heterocycles. The third-order valence-corrected chi connectivity index (χ3v) is 11.2. The number of imidazole rings is 4. The van der Waals surface area contributed by atoms with Crippen LogP contribution >= 0.6 is 0 Å². The lowest BCUT2D eigenvalue weighted by atomic mass is 9.97.